The van der Waals surface area contributed by atoms with Crippen LogP contribution in [-0.4, -0.2) is 30.3 Å². The number of esters is 1. The second kappa shape index (κ2) is 10.6. The second-order valence-corrected chi connectivity index (χ2v) is 5.24. The Morgan fingerprint density at radius 2 is 1.68 bits per heavy atom. The van der Waals surface area contributed by atoms with Gasteiger partial charge < -0.3 is 14.8 Å². The second-order valence-electron chi connectivity index (χ2n) is 5.24. The number of amides is 1. The number of rotatable bonds is 4. The van der Waals surface area contributed by atoms with Crippen molar-refractivity contribution in [2.45, 2.75) is 73.0 Å². The van der Waals surface area contributed by atoms with Crippen molar-refractivity contribution in [1.29, 1.82) is 0 Å². The van der Waals surface area contributed by atoms with E-state index in [0.717, 1.165) is 6.42 Å². The van der Waals surface area contributed by atoms with E-state index in [9.17, 15) is 9.59 Å². The van der Waals surface area contributed by atoms with Crippen LogP contribution in [0.2, 0.25) is 0 Å². The Kier molecular flexibility index (Phi) is 11.2. The molecular weight excluding hydrogens is 246 g/mol. The molecule has 0 fully saturated rings. The van der Waals surface area contributed by atoms with Gasteiger partial charge in [-0.2, -0.15) is 0 Å². The SMILES string of the molecule is CCC.CCCOC(=O)[C@H](C)NC(=O)OC(C)(C)C.[HH]. The predicted molar refractivity (Wildman–Crippen MR) is 78.2 cm³/mol. The van der Waals surface area contributed by atoms with E-state index in [4.69, 9.17) is 9.47 Å². The van der Waals surface area contributed by atoms with Crippen molar-refractivity contribution in [3.63, 3.8) is 0 Å². The van der Waals surface area contributed by atoms with Gasteiger partial charge in [0.25, 0.3) is 0 Å². The summed E-state index contributed by atoms with van der Waals surface area (Å²) in [5.74, 6) is -0.451. The molecule has 1 N–H and O–H groups in total. The van der Waals surface area contributed by atoms with Crippen molar-refractivity contribution in [3.8, 4) is 0 Å². The van der Waals surface area contributed by atoms with Gasteiger partial charge in [0.15, 0.2) is 0 Å². The lowest BCUT2D eigenvalue weighted by Gasteiger charge is -2.21. The molecule has 0 aromatic carbocycles. The van der Waals surface area contributed by atoms with E-state index in [-0.39, 0.29) is 1.43 Å². The number of hydrogen-bond acceptors (Lipinski definition) is 4. The van der Waals surface area contributed by atoms with Crippen LogP contribution in [0.5, 0.6) is 0 Å². The van der Waals surface area contributed by atoms with Gasteiger partial charge in [0, 0.05) is 1.43 Å². The molecule has 0 bridgehead atoms. The van der Waals surface area contributed by atoms with Gasteiger partial charge >= 0.3 is 12.1 Å². The molecule has 5 heteroatoms. The molecule has 0 rings (SSSR count). The van der Waals surface area contributed by atoms with Gasteiger partial charge in [0.1, 0.15) is 11.6 Å². The maximum atomic E-state index is 11.3. The third-order valence-electron chi connectivity index (χ3n) is 1.54. The van der Waals surface area contributed by atoms with Crippen molar-refractivity contribution in [2.24, 2.45) is 0 Å². The molecule has 1 amide bonds. The number of carbonyl (C=O) groups excluding carboxylic acids is 2. The van der Waals surface area contributed by atoms with Gasteiger partial charge in [-0.05, 0) is 34.1 Å². The minimum atomic E-state index is -0.693. The average Bonchev–Trinajstić information content (AvgIpc) is 2.23. The van der Waals surface area contributed by atoms with Crippen molar-refractivity contribution in [2.75, 3.05) is 6.61 Å². The highest BCUT2D eigenvalue weighted by Gasteiger charge is 2.21. The Balaban J connectivity index is -0.000000657. The summed E-state index contributed by atoms with van der Waals surface area (Å²) in [5, 5.41) is 2.41. The van der Waals surface area contributed by atoms with E-state index >= 15 is 0 Å². The van der Waals surface area contributed by atoms with Gasteiger partial charge in [-0.25, -0.2) is 9.59 Å². The quantitative estimate of drug-likeness (QED) is 0.799. The van der Waals surface area contributed by atoms with Crippen LogP contribution in [0.1, 0.15) is 62.7 Å². The van der Waals surface area contributed by atoms with Crippen LogP contribution in [0.3, 0.4) is 0 Å². The molecule has 1 atom stereocenters. The Labute approximate surface area is 118 Å². The first-order chi connectivity index (χ1) is 8.67. The maximum absolute atomic E-state index is 11.3. The number of carbonyl (C=O) groups is 2. The molecule has 0 aliphatic rings. The molecule has 0 aliphatic heterocycles. The highest BCUT2D eigenvalue weighted by Crippen LogP contribution is 2.06. The maximum Gasteiger partial charge on any atom is 0.408 e. The van der Waals surface area contributed by atoms with Crippen molar-refractivity contribution < 1.29 is 20.5 Å². The fourth-order valence-corrected chi connectivity index (χ4v) is 0.871. The highest BCUT2D eigenvalue weighted by atomic mass is 16.6. The molecule has 0 spiro atoms. The lowest BCUT2D eigenvalue weighted by molar-refractivity contribution is -0.145. The Hall–Kier alpha value is -1.26. The summed E-state index contributed by atoms with van der Waals surface area (Å²) in [4.78, 5) is 22.6. The zero-order chi connectivity index (χ0) is 15.5. The Bertz CT molecular complexity index is 264. The Morgan fingerprint density at radius 1 is 1.21 bits per heavy atom. The molecule has 0 radical (unpaired) electrons. The third-order valence-corrected chi connectivity index (χ3v) is 1.54. The van der Waals surface area contributed by atoms with Gasteiger partial charge in [-0.15, -0.1) is 0 Å². The zero-order valence-corrected chi connectivity index (χ0v) is 13.3. The lowest BCUT2D eigenvalue weighted by atomic mass is 10.2. The van der Waals surface area contributed by atoms with Gasteiger partial charge in [0.05, 0.1) is 6.61 Å². The van der Waals surface area contributed by atoms with Crippen LogP contribution in [0.25, 0.3) is 0 Å². The van der Waals surface area contributed by atoms with Gasteiger partial charge in [-0.3, -0.25) is 0 Å². The van der Waals surface area contributed by atoms with Crippen LogP contribution >= 0.6 is 0 Å². The standard InChI is InChI=1S/C11H21NO4.C3H8.H2/c1-6-7-15-9(13)8(2)12-10(14)16-11(3,4)5;1-3-2;/h8H,6-7H2,1-5H3,(H,12,14);3H2,1-2H3;1H/t8-;;/m0../s1. The van der Waals surface area contributed by atoms with E-state index in [0.29, 0.717) is 6.61 Å². The molecule has 116 valence electrons. The summed E-state index contributed by atoms with van der Waals surface area (Å²) in [6.45, 7) is 13.3. The summed E-state index contributed by atoms with van der Waals surface area (Å²) < 4.78 is 9.88. The molecule has 0 heterocycles. The summed E-state index contributed by atoms with van der Waals surface area (Å²) >= 11 is 0. The van der Waals surface area contributed by atoms with Crippen molar-refractivity contribution in [1.82, 2.24) is 5.32 Å². The summed E-state index contributed by atoms with van der Waals surface area (Å²) in [7, 11) is 0. The molecule has 0 unspecified atom stereocenters. The first kappa shape index (κ1) is 20.1. The normalized spacial score (nSPS) is 11.7. The van der Waals surface area contributed by atoms with Crippen LogP contribution in [-0.2, 0) is 14.3 Å². The molecule has 0 saturated carbocycles. The fraction of sp³-hybridized carbons (Fsp3) is 0.857. The van der Waals surface area contributed by atoms with E-state index in [1.165, 1.54) is 6.42 Å². The first-order valence-corrected chi connectivity index (χ1v) is 6.84. The summed E-state index contributed by atoms with van der Waals surface area (Å²) in [6, 6.07) is -0.693. The van der Waals surface area contributed by atoms with Gasteiger partial charge in [-0.1, -0.05) is 27.2 Å². The topological polar surface area (TPSA) is 64.6 Å². The Morgan fingerprint density at radius 3 is 2.05 bits per heavy atom. The van der Waals surface area contributed by atoms with Crippen LogP contribution < -0.4 is 5.32 Å². The van der Waals surface area contributed by atoms with Gasteiger partial charge in [0.2, 0.25) is 0 Å². The van der Waals surface area contributed by atoms with Crippen LogP contribution in [0.15, 0.2) is 0 Å². The number of alkyl carbamates (subject to hydrolysis) is 1. The van der Waals surface area contributed by atoms with Crippen molar-refractivity contribution >= 4 is 12.1 Å². The van der Waals surface area contributed by atoms with E-state index in [2.05, 4.69) is 19.2 Å². The molecule has 0 aromatic heterocycles. The van der Waals surface area contributed by atoms with E-state index in [1.807, 2.05) is 6.92 Å². The van der Waals surface area contributed by atoms with E-state index in [1.54, 1.807) is 27.7 Å². The molecule has 0 aromatic rings. The predicted octanol–water partition coefficient (Wildman–Crippen LogP) is 3.52. The largest absolute Gasteiger partial charge is 0.464 e. The fourth-order valence-electron chi connectivity index (χ4n) is 0.871. The van der Waals surface area contributed by atoms with Crippen LogP contribution in [0, 0.1) is 0 Å². The monoisotopic (exact) mass is 277 g/mol. The third kappa shape index (κ3) is 14.7. The zero-order valence-electron chi connectivity index (χ0n) is 13.3. The summed E-state index contributed by atoms with van der Waals surface area (Å²) in [5.41, 5.74) is -0.572. The minimum absolute atomic E-state index is 0. The number of hydrogen-bond donors (Lipinski definition) is 1. The van der Waals surface area contributed by atoms with E-state index < -0.39 is 23.7 Å². The first-order valence-electron chi connectivity index (χ1n) is 6.84. The van der Waals surface area contributed by atoms with Crippen molar-refractivity contribution in [3.05, 3.63) is 0 Å². The smallest absolute Gasteiger partial charge is 0.408 e. The van der Waals surface area contributed by atoms with Crippen LogP contribution in [0.4, 0.5) is 4.79 Å². The molecule has 19 heavy (non-hydrogen) atoms. The molecule has 5 nitrogen and oxygen atoms in total. The average molecular weight is 277 g/mol. The highest BCUT2D eigenvalue weighted by molar-refractivity contribution is 5.80. The lowest BCUT2D eigenvalue weighted by Crippen LogP contribution is -2.42. The summed E-state index contributed by atoms with van der Waals surface area (Å²) in [6.07, 6.45) is 1.39. The molecular formula is C14H31NO4. The molecule has 0 aliphatic carbocycles. The minimum Gasteiger partial charge on any atom is -0.464 e. The number of ether oxygens (including phenoxy) is 2. The molecule has 0 saturated heterocycles. The number of nitrogens with one attached hydrogen (secondary N) is 1.